The van der Waals surface area contributed by atoms with Crippen LogP contribution in [0.3, 0.4) is 0 Å². The van der Waals surface area contributed by atoms with Crippen LogP contribution in [0.15, 0.2) is 54.6 Å². The van der Waals surface area contributed by atoms with E-state index in [-0.39, 0.29) is 18.9 Å². The maximum absolute atomic E-state index is 11.7. The molecular weight excluding hydrogens is 374 g/mol. The molecule has 0 aromatic heterocycles. The van der Waals surface area contributed by atoms with Gasteiger partial charge in [-0.3, -0.25) is 9.59 Å². The number of esters is 1. The molecule has 0 fully saturated rings. The molecule has 0 aliphatic heterocycles. The zero-order valence-corrected chi connectivity index (χ0v) is 16.6. The standard InChI is InChI=1S/C22H27NO6/c1-2-26-19-10-12-20(13-11-19)28-16-14-23-21(24)17-29-22(25)9-6-15-27-18-7-4-3-5-8-18/h3-5,7-8,10-13H,2,6,9,14-17H2,1H3,(H,23,24). The average Bonchev–Trinajstić information content (AvgIpc) is 2.75. The highest BCUT2D eigenvalue weighted by molar-refractivity contribution is 5.80. The van der Waals surface area contributed by atoms with Gasteiger partial charge in [-0.25, -0.2) is 0 Å². The first kappa shape index (κ1) is 22.1. The summed E-state index contributed by atoms with van der Waals surface area (Å²) in [6.07, 6.45) is 0.715. The quantitative estimate of drug-likeness (QED) is 0.410. The number of benzene rings is 2. The minimum Gasteiger partial charge on any atom is -0.494 e. The van der Waals surface area contributed by atoms with Crippen molar-refractivity contribution in [3.05, 3.63) is 54.6 Å². The topological polar surface area (TPSA) is 83.1 Å². The Labute approximate surface area is 170 Å². The van der Waals surface area contributed by atoms with E-state index in [4.69, 9.17) is 18.9 Å². The Bertz CT molecular complexity index is 733. The van der Waals surface area contributed by atoms with E-state index in [0.29, 0.717) is 38.5 Å². The first-order chi connectivity index (χ1) is 14.2. The Morgan fingerprint density at radius 2 is 1.45 bits per heavy atom. The molecule has 0 aliphatic carbocycles. The van der Waals surface area contributed by atoms with E-state index < -0.39 is 5.97 Å². The van der Waals surface area contributed by atoms with E-state index in [1.54, 1.807) is 12.1 Å². The van der Waals surface area contributed by atoms with Crippen LogP contribution in [0.4, 0.5) is 0 Å². The van der Waals surface area contributed by atoms with Crippen LogP contribution in [0.25, 0.3) is 0 Å². The van der Waals surface area contributed by atoms with Gasteiger partial charge in [0, 0.05) is 6.42 Å². The predicted molar refractivity (Wildman–Crippen MR) is 108 cm³/mol. The third-order valence-corrected chi connectivity index (χ3v) is 3.73. The van der Waals surface area contributed by atoms with Crippen LogP contribution in [0.5, 0.6) is 17.2 Å². The van der Waals surface area contributed by atoms with Crippen molar-refractivity contribution in [2.45, 2.75) is 19.8 Å². The normalized spacial score (nSPS) is 10.1. The third-order valence-electron chi connectivity index (χ3n) is 3.73. The van der Waals surface area contributed by atoms with E-state index in [0.717, 1.165) is 11.5 Å². The number of amides is 1. The maximum atomic E-state index is 11.7. The molecule has 7 nitrogen and oxygen atoms in total. The summed E-state index contributed by atoms with van der Waals surface area (Å²) in [6, 6.07) is 16.6. The summed E-state index contributed by atoms with van der Waals surface area (Å²) in [7, 11) is 0. The van der Waals surface area contributed by atoms with Crippen LogP contribution in [0.2, 0.25) is 0 Å². The molecule has 2 aromatic carbocycles. The average molecular weight is 401 g/mol. The number of hydrogen-bond acceptors (Lipinski definition) is 6. The van der Waals surface area contributed by atoms with Crippen LogP contribution in [-0.4, -0.2) is 44.8 Å². The lowest BCUT2D eigenvalue weighted by atomic mass is 10.3. The highest BCUT2D eigenvalue weighted by Crippen LogP contribution is 2.17. The lowest BCUT2D eigenvalue weighted by molar-refractivity contribution is -0.148. The van der Waals surface area contributed by atoms with Crippen molar-refractivity contribution in [1.82, 2.24) is 5.32 Å². The van der Waals surface area contributed by atoms with Gasteiger partial charge in [0.1, 0.15) is 23.9 Å². The molecule has 2 rings (SSSR count). The Morgan fingerprint density at radius 1 is 0.828 bits per heavy atom. The molecule has 0 bridgehead atoms. The monoisotopic (exact) mass is 401 g/mol. The molecule has 0 spiro atoms. The second-order valence-electron chi connectivity index (χ2n) is 6.03. The predicted octanol–water partition coefficient (Wildman–Crippen LogP) is 2.98. The summed E-state index contributed by atoms with van der Waals surface area (Å²) in [5.74, 6) is 1.43. The second-order valence-corrected chi connectivity index (χ2v) is 6.03. The van der Waals surface area contributed by atoms with E-state index in [9.17, 15) is 9.59 Å². The lowest BCUT2D eigenvalue weighted by Crippen LogP contribution is -2.32. The van der Waals surface area contributed by atoms with Crippen molar-refractivity contribution < 1.29 is 28.5 Å². The highest BCUT2D eigenvalue weighted by atomic mass is 16.5. The van der Waals surface area contributed by atoms with Crippen LogP contribution >= 0.6 is 0 Å². The zero-order valence-electron chi connectivity index (χ0n) is 16.6. The zero-order chi connectivity index (χ0) is 20.7. The molecule has 0 radical (unpaired) electrons. The van der Waals surface area contributed by atoms with Crippen molar-refractivity contribution >= 4 is 11.9 Å². The minimum absolute atomic E-state index is 0.195. The fourth-order valence-electron chi connectivity index (χ4n) is 2.35. The second kappa shape index (κ2) is 13.0. The molecule has 1 N–H and O–H groups in total. The van der Waals surface area contributed by atoms with Crippen LogP contribution in [0.1, 0.15) is 19.8 Å². The first-order valence-electron chi connectivity index (χ1n) is 9.63. The Kier molecular flexibility index (Phi) is 9.93. The van der Waals surface area contributed by atoms with Gasteiger partial charge >= 0.3 is 5.97 Å². The molecule has 0 saturated carbocycles. The van der Waals surface area contributed by atoms with E-state index >= 15 is 0 Å². The summed E-state index contributed by atoms with van der Waals surface area (Å²) >= 11 is 0. The molecule has 29 heavy (non-hydrogen) atoms. The fraction of sp³-hybridized carbons (Fsp3) is 0.364. The van der Waals surface area contributed by atoms with Crippen molar-refractivity contribution in [2.24, 2.45) is 0 Å². The minimum atomic E-state index is -0.428. The number of hydrogen-bond donors (Lipinski definition) is 1. The Hall–Kier alpha value is -3.22. The van der Waals surface area contributed by atoms with Crippen LogP contribution in [0, 0.1) is 0 Å². The van der Waals surface area contributed by atoms with Gasteiger partial charge in [0.2, 0.25) is 0 Å². The van der Waals surface area contributed by atoms with Gasteiger partial charge < -0.3 is 24.3 Å². The van der Waals surface area contributed by atoms with Gasteiger partial charge in [-0.2, -0.15) is 0 Å². The third kappa shape index (κ3) is 9.51. The first-order valence-corrected chi connectivity index (χ1v) is 9.63. The summed E-state index contributed by atoms with van der Waals surface area (Å²) in [6.45, 7) is 3.26. The molecule has 0 saturated heterocycles. The molecule has 1 amide bonds. The van der Waals surface area contributed by atoms with Gasteiger partial charge in [0.15, 0.2) is 6.61 Å². The van der Waals surface area contributed by atoms with Crippen molar-refractivity contribution in [1.29, 1.82) is 0 Å². The van der Waals surface area contributed by atoms with Crippen molar-refractivity contribution in [3.8, 4) is 17.2 Å². The number of para-hydroxylation sites is 1. The molecule has 0 unspecified atom stereocenters. The van der Waals surface area contributed by atoms with E-state index in [1.165, 1.54) is 0 Å². The number of ether oxygens (including phenoxy) is 4. The van der Waals surface area contributed by atoms with Gasteiger partial charge in [-0.05, 0) is 49.7 Å². The van der Waals surface area contributed by atoms with E-state index in [2.05, 4.69) is 5.32 Å². The summed E-state index contributed by atoms with van der Waals surface area (Å²) in [4.78, 5) is 23.4. The van der Waals surface area contributed by atoms with Crippen LogP contribution in [-0.2, 0) is 14.3 Å². The van der Waals surface area contributed by atoms with Crippen molar-refractivity contribution in [2.75, 3.05) is 33.0 Å². The van der Waals surface area contributed by atoms with Gasteiger partial charge in [0.05, 0.1) is 19.8 Å². The SMILES string of the molecule is CCOc1ccc(OCCNC(=O)COC(=O)CCCOc2ccccc2)cc1. The maximum Gasteiger partial charge on any atom is 0.306 e. The smallest absolute Gasteiger partial charge is 0.306 e. The number of carbonyl (C=O) groups excluding carboxylic acids is 2. The van der Waals surface area contributed by atoms with Crippen molar-refractivity contribution in [3.63, 3.8) is 0 Å². The Balaban J connectivity index is 1.48. The van der Waals surface area contributed by atoms with E-state index in [1.807, 2.05) is 49.4 Å². The lowest BCUT2D eigenvalue weighted by Gasteiger charge is -2.09. The van der Waals surface area contributed by atoms with Gasteiger partial charge in [-0.1, -0.05) is 18.2 Å². The Morgan fingerprint density at radius 3 is 2.14 bits per heavy atom. The fourth-order valence-corrected chi connectivity index (χ4v) is 2.35. The summed E-state index contributed by atoms with van der Waals surface area (Å²) in [5.41, 5.74) is 0. The largest absolute Gasteiger partial charge is 0.494 e. The molecule has 0 aliphatic rings. The molecule has 156 valence electrons. The van der Waals surface area contributed by atoms with Gasteiger partial charge in [-0.15, -0.1) is 0 Å². The molecular formula is C22H27NO6. The number of rotatable bonds is 13. The number of carbonyl (C=O) groups is 2. The molecule has 7 heteroatoms. The highest BCUT2D eigenvalue weighted by Gasteiger charge is 2.07. The van der Waals surface area contributed by atoms with Gasteiger partial charge in [0.25, 0.3) is 5.91 Å². The molecule has 0 heterocycles. The number of nitrogens with one attached hydrogen (secondary N) is 1. The molecule has 2 aromatic rings. The van der Waals surface area contributed by atoms with Crippen LogP contribution < -0.4 is 19.5 Å². The summed E-state index contributed by atoms with van der Waals surface area (Å²) < 4.78 is 21.3. The molecule has 0 atom stereocenters. The summed E-state index contributed by atoms with van der Waals surface area (Å²) in [5, 5.41) is 2.64.